The molecule has 0 radical (unpaired) electrons. The Balaban J connectivity index is 2.25. The SMILES string of the molecule is C=C1CC(C(=O)OCC)Cc2ccc(Cl)nc21. The highest BCUT2D eigenvalue weighted by Gasteiger charge is 2.28. The number of aromatic nitrogens is 1. The van der Waals surface area contributed by atoms with Crippen LogP contribution in [0.3, 0.4) is 0 Å². The van der Waals surface area contributed by atoms with E-state index in [1.807, 2.05) is 13.0 Å². The summed E-state index contributed by atoms with van der Waals surface area (Å²) in [4.78, 5) is 16.0. The van der Waals surface area contributed by atoms with E-state index in [4.69, 9.17) is 16.3 Å². The van der Waals surface area contributed by atoms with Crippen LogP contribution >= 0.6 is 11.6 Å². The van der Waals surface area contributed by atoms with Crippen molar-refractivity contribution in [1.82, 2.24) is 4.98 Å². The number of nitrogens with zero attached hydrogens (tertiary/aromatic N) is 1. The molecular formula is C13H14ClNO2. The van der Waals surface area contributed by atoms with E-state index in [2.05, 4.69) is 11.6 Å². The van der Waals surface area contributed by atoms with Gasteiger partial charge in [0.1, 0.15) is 5.15 Å². The van der Waals surface area contributed by atoms with Gasteiger partial charge in [-0.25, -0.2) is 4.98 Å². The second kappa shape index (κ2) is 4.88. The maximum absolute atomic E-state index is 11.7. The molecule has 1 unspecified atom stereocenters. The van der Waals surface area contributed by atoms with Crippen LogP contribution in [0.5, 0.6) is 0 Å². The molecule has 0 saturated heterocycles. The van der Waals surface area contributed by atoms with Gasteiger partial charge in [-0.2, -0.15) is 0 Å². The number of ether oxygens (including phenoxy) is 1. The van der Waals surface area contributed by atoms with Crippen LogP contribution in [0.2, 0.25) is 5.15 Å². The van der Waals surface area contributed by atoms with E-state index in [1.165, 1.54) is 0 Å². The quantitative estimate of drug-likeness (QED) is 0.599. The maximum Gasteiger partial charge on any atom is 0.309 e. The van der Waals surface area contributed by atoms with Gasteiger partial charge >= 0.3 is 5.97 Å². The molecular weight excluding hydrogens is 238 g/mol. The summed E-state index contributed by atoms with van der Waals surface area (Å²) in [5.74, 6) is -0.299. The molecule has 0 aromatic carbocycles. The van der Waals surface area contributed by atoms with Gasteiger partial charge in [-0.3, -0.25) is 4.79 Å². The highest BCUT2D eigenvalue weighted by atomic mass is 35.5. The van der Waals surface area contributed by atoms with Crippen molar-refractivity contribution in [2.75, 3.05) is 6.61 Å². The Kier molecular flexibility index (Phi) is 3.48. The number of hydrogen-bond donors (Lipinski definition) is 0. The van der Waals surface area contributed by atoms with Crippen LogP contribution < -0.4 is 0 Å². The van der Waals surface area contributed by atoms with E-state index in [9.17, 15) is 4.79 Å². The minimum Gasteiger partial charge on any atom is -0.466 e. The summed E-state index contributed by atoms with van der Waals surface area (Å²) in [5, 5.41) is 0.458. The molecule has 0 N–H and O–H groups in total. The minimum absolute atomic E-state index is 0.141. The van der Waals surface area contributed by atoms with Crippen LogP contribution in [0, 0.1) is 5.92 Å². The number of pyridine rings is 1. The van der Waals surface area contributed by atoms with Crippen molar-refractivity contribution in [2.24, 2.45) is 5.92 Å². The lowest BCUT2D eigenvalue weighted by Crippen LogP contribution is -2.24. The van der Waals surface area contributed by atoms with Gasteiger partial charge < -0.3 is 4.74 Å². The molecule has 1 heterocycles. The molecule has 1 atom stereocenters. The molecule has 2 rings (SSSR count). The van der Waals surface area contributed by atoms with Crippen molar-refractivity contribution in [2.45, 2.75) is 19.8 Å². The highest BCUT2D eigenvalue weighted by molar-refractivity contribution is 6.29. The molecule has 1 aromatic rings. The Morgan fingerprint density at radius 1 is 1.59 bits per heavy atom. The summed E-state index contributed by atoms with van der Waals surface area (Å²) in [5.41, 5.74) is 2.70. The van der Waals surface area contributed by atoms with E-state index >= 15 is 0 Å². The first-order chi connectivity index (χ1) is 8.11. The third kappa shape index (κ3) is 2.50. The Morgan fingerprint density at radius 2 is 2.35 bits per heavy atom. The standard InChI is InChI=1S/C13H14ClNO2/c1-3-17-13(16)10-6-8(2)12-9(7-10)4-5-11(14)15-12/h4-5,10H,2-3,6-7H2,1H3. The van der Waals surface area contributed by atoms with Crippen molar-refractivity contribution in [3.63, 3.8) is 0 Å². The summed E-state index contributed by atoms with van der Waals surface area (Å²) in [7, 11) is 0. The highest BCUT2D eigenvalue weighted by Crippen LogP contribution is 2.33. The molecule has 0 spiro atoms. The number of halogens is 1. The van der Waals surface area contributed by atoms with Crippen LogP contribution in [0.1, 0.15) is 24.6 Å². The molecule has 0 fully saturated rings. The average Bonchev–Trinajstić information content (AvgIpc) is 2.30. The zero-order valence-corrected chi connectivity index (χ0v) is 10.5. The summed E-state index contributed by atoms with van der Waals surface area (Å²) in [6, 6.07) is 3.64. The van der Waals surface area contributed by atoms with E-state index in [0.29, 0.717) is 24.6 Å². The first-order valence-electron chi connectivity index (χ1n) is 5.62. The maximum atomic E-state index is 11.7. The van der Waals surface area contributed by atoms with Crippen molar-refractivity contribution in [1.29, 1.82) is 0 Å². The fraction of sp³-hybridized carbons (Fsp3) is 0.385. The Morgan fingerprint density at radius 3 is 3.06 bits per heavy atom. The molecule has 0 aliphatic heterocycles. The zero-order valence-electron chi connectivity index (χ0n) is 9.70. The van der Waals surface area contributed by atoms with Gasteiger partial charge in [0.05, 0.1) is 18.2 Å². The largest absolute Gasteiger partial charge is 0.466 e. The van der Waals surface area contributed by atoms with Gasteiger partial charge in [0.2, 0.25) is 0 Å². The summed E-state index contributed by atoms with van der Waals surface area (Å²) < 4.78 is 5.04. The number of allylic oxidation sites excluding steroid dienone is 1. The normalized spacial score (nSPS) is 18.7. The third-order valence-electron chi connectivity index (χ3n) is 2.86. The smallest absolute Gasteiger partial charge is 0.309 e. The molecule has 4 heteroatoms. The summed E-state index contributed by atoms with van der Waals surface area (Å²) in [6.07, 6.45) is 1.25. The molecule has 17 heavy (non-hydrogen) atoms. The van der Waals surface area contributed by atoms with E-state index in [1.54, 1.807) is 6.07 Å². The lowest BCUT2D eigenvalue weighted by atomic mass is 9.84. The number of fused-ring (bicyclic) bond motifs is 1. The van der Waals surface area contributed by atoms with Crippen LogP contribution in [0.25, 0.3) is 5.57 Å². The Bertz CT molecular complexity index is 470. The lowest BCUT2D eigenvalue weighted by molar-refractivity contribution is -0.147. The van der Waals surface area contributed by atoms with Gasteiger partial charge in [0.25, 0.3) is 0 Å². The van der Waals surface area contributed by atoms with E-state index in [-0.39, 0.29) is 11.9 Å². The molecule has 1 aromatic heterocycles. The van der Waals surface area contributed by atoms with Gasteiger partial charge in [0.15, 0.2) is 0 Å². The predicted octanol–water partition coefficient (Wildman–Crippen LogP) is 2.87. The van der Waals surface area contributed by atoms with Gasteiger partial charge in [0, 0.05) is 0 Å². The summed E-state index contributed by atoms with van der Waals surface area (Å²) in [6.45, 7) is 6.18. The fourth-order valence-electron chi connectivity index (χ4n) is 2.09. The Hall–Kier alpha value is -1.35. The van der Waals surface area contributed by atoms with Crippen LogP contribution in [0.4, 0.5) is 0 Å². The van der Waals surface area contributed by atoms with Gasteiger partial charge in [-0.1, -0.05) is 24.2 Å². The number of carbonyl (C=O) groups excluding carboxylic acids is 1. The third-order valence-corrected chi connectivity index (χ3v) is 3.07. The van der Waals surface area contributed by atoms with Gasteiger partial charge in [-0.15, -0.1) is 0 Å². The van der Waals surface area contributed by atoms with E-state index < -0.39 is 0 Å². The molecule has 1 aliphatic rings. The lowest BCUT2D eigenvalue weighted by Gasteiger charge is -2.24. The average molecular weight is 252 g/mol. The Labute approximate surface area is 105 Å². The molecule has 3 nitrogen and oxygen atoms in total. The van der Waals surface area contributed by atoms with Crippen LogP contribution in [-0.2, 0) is 16.0 Å². The van der Waals surface area contributed by atoms with E-state index in [0.717, 1.165) is 16.8 Å². The van der Waals surface area contributed by atoms with Crippen molar-refractivity contribution in [3.05, 3.63) is 35.1 Å². The predicted molar refractivity (Wildman–Crippen MR) is 66.7 cm³/mol. The van der Waals surface area contributed by atoms with Crippen LogP contribution in [0.15, 0.2) is 18.7 Å². The fourth-order valence-corrected chi connectivity index (χ4v) is 2.24. The molecule has 0 saturated carbocycles. The van der Waals surface area contributed by atoms with Crippen molar-refractivity contribution < 1.29 is 9.53 Å². The first-order valence-corrected chi connectivity index (χ1v) is 5.99. The number of esters is 1. The number of carbonyl (C=O) groups is 1. The first kappa shape index (κ1) is 12.1. The topological polar surface area (TPSA) is 39.2 Å². The molecule has 0 amide bonds. The van der Waals surface area contributed by atoms with Crippen molar-refractivity contribution >= 4 is 23.1 Å². The van der Waals surface area contributed by atoms with Gasteiger partial charge in [-0.05, 0) is 37.0 Å². The van der Waals surface area contributed by atoms with Crippen LogP contribution in [-0.4, -0.2) is 17.6 Å². The zero-order chi connectivity index (χ0) is 12.4. The molecule has 90 valence electrons. The number of rotatable bonds is 2. The molecule has 1 aliphatic carbocycles. The minimum atomic E-state index is -0.158. The van der Waals surface area contributed by atoms with Crippen molar-refractivity contribution in [3.8, 4) is 0 Å². The molecule has 0 bridgehead atoms. The second-order valence-corrected chi connectivity index (χ2v) is 4.49. The number of hydrogen-bond acceptors (Lipinski definition) is 3. The monoisotopic (exact) mass is 251 g/mol. The summed E-state index contributed by atoms with van der Waals surface area (Å²) >= 11 is 5.85. The second-order valence-electron chi connectivity index (χ2n) is 4.10.